The molecule has 2 aromatic rings. The van der Waals surface area contributed by atoms with Crippen LogP contribution in [0.3, 0.4) is 0 Å². The molecule has 0 aliphatic rings. The molecule has 0 heterocycles. The van der Waals surface area contributed by atoms with Gasteiger partial charge in [-0.1, -0.05) is 32.0 Å². The van der Waals surface area contributed by atoms with Crippen molar-refractivity contribution in [1.29, 1.82) is 5.26 Å². The molecule has 2 aromatic carbocycles. The number of ether oxygens (including phenoxy) is 2. The molecule has 0 radical (unpaired) electrons. The molecule has 1 amide bonds. The van der Waals surface area contributed by atoms with Crippen molar-refractivity contribution in [2.45, 2.75) is 31.6 Å². The highest BCUT2D eigenvalue weighted by Crippen LogP contribution is 2.26. The Morgan fingerprint density at radius 3 is 2.62 bits per heavy atom. The normalized spacial score (nSPS) is 10.3. The van der Waals surface area contributed by atoms with Crippen LogP contribution in [-0.4, -0.2) is 30.8 Å². The number of rotatable bonds is 9. The van der Waals surface area contributed by atoms with Crippen LogP contribution in [0.4, 0.5) is 5.69 Å². The van der Waals surface area contributed by atoms with E-state index >= 15 is 0 Å². The molecule has 0 aliphatic carbocycles. The van der Waals surface area contributed by atoms with Crippen molar-refractivity contribution >= 4 is 29.3 Å². The third-order valence-electron chi connectivity index (χ3n) is 4.04. The summed E-state index contributed by atoms with van der Waals surface area (Å²) in [7, 11) is 0. The molecule has 1 N–H and O–H groups in total. The van der Waals surface area contributed by atoms with E-state index in [2.05, 4.69) is 19.2 Å². The van der Waals surface area contributed by atoms with E-state index in [1.807, 2.05) is 43.3 Å². The van der Waals surface area contributed by atoms with E-state index in [9.17, 15) is 9.59 Å². The zero-order chi connectivity index (χ0) is 21.2. The topological polar surface area (TPSA) is 88.4 Å². The molecule has 0 saturated carbocycles. The Hall–Kier alpha value is -2.98. The highest BCUT2D eigenvalue weighted by atomic mass is 32.2. The lowest BCUT2D eigenvalue weighted by Gasteiger charge is -2.12. The molecule has 0 aliphatic heterocycles. The molecule has 0 fully saturated rings. The number of anilines is 1. The SMILES string of the molecule is Cc1cc(OCC(=O)OCC(=O)Nc2ccccc2SCC#N)ccc1C(C)C. The number of esters is 1. The van der Waals surface area contributed by atoms with Crippen LogP contribution in [0.15, 0.2) is 47.4 Å². The summed E-state index contributed by atoms with van der Waals surface area (Å²) in [5.74, 6) is 0.183. The second kappa shape index (κ2) is 11.1. The van der Waals surface area contributed by atoms with Gasteiger partial charge in [0.15, 0.2) is 13.2 Å². The number of nitrogens with zero attached hydrogens (tertiary/aromatic N) is 1. The number of amides is 1. The van der Waals surface area contributed by atoms with Gasteiger partial charge in [-0.2, -0.15) is 5.26 Å². The van der Waals surface area contributed by atoms with Crippen LogP contribution in [0.25, 0.3) is 0 Å². The number of carbonyl (C=O) groups is 2. The summed E-state index contributed by atoms with van der Waals surface area (Å²) in [5.41, 5.74) is 2.90. The largest absolute Gasteiger partial charge is 0.482 e. The monoisotopic (exact) mass is 412 g/mol. The van der Waals surface area contributed by atoms with E-state index in [1.165, 1.54) is 17.3 Å². The molecule has 0 atom stereocenters. The van der Waals surface area contributed by atoms with E-state index in [0.29, 0.717) is 17.4 Å². The van der Waals surface area contributed by atoms with Gasteiger partial charge in [-0.05, 0) is 48.2 Å². The first-order valence-electron chi connectivity index (χ1n) is 9.18. The number of carbonyl (C=O) groups excluding carboxylic acids is 2. The van der Waals surface area contributed by atoms with Crippen molar-refractivity contribution in [2.24, 2.45) is 0 Å². The Morgan fingerprint density at radius 2 is 1.93 bits per heavy atom. The van der Waals surface area contributed by atoms with Gasteiger partial charge in [-0.3, -0.25) is 4.79 Å². The van der Waals surface area contributed by atoms with Gasteiger partial charge < -0.3 is 14.8 Å². The lowest BCUT2D eigenvalue weighted by molar-refractivity contribution is -0.149. The van der Waals surface area contributed by atoms with Crippen molar-refractivity contribution in [2.75, 3.05) is 24.3 Å². The Morgan fingerprint density at radius 1 is 1.17 bits per heavy atom. The molecule has 6 nitrogen and oxygen atoms in total. The predicted molar refractivity (Wildman–Crippen MR) is 113 cm³/mol. The fraction of sp³-hybridized carbons (Fsp3) is 0.318. The molecular weight excluding hydrogens is 388 g/mol. The summed E-state index contributed by atoms with van der Waals surface area (Å²) in [6, 6.07) is 14.9. The number of nitrogens with one attached hydrogen (secondary N) is 1. The number of hydrogen-bond acceptors (Lipinski definition) is 6. The van der Waals surface area contributed by atoms with Gasteiger partial charge in [-0.25, -0.2) is 4.79 Å². The van der Waals surface area contributed by atoms with E-state index in [1.54, 1.807) is 12.1 Å². The number of benzene rings is 2. The zero-order valence-corrected chi connectivity index (χ0v) is 17.5. The molecule has 0 unspecified atom stereocenters. The lowest BCUT2D eigenvalue weighted by Crippen LogP contribution is -2.23. The summed E-state index contributed by atoms with van der Waals surface area (Å²) in [4.78, 5) is 24.7. The summed E-state index contributed by atoms with van der Waals surface area (Å²) in [6.45, 7) is 5.54. The number of hydrogen-bond donors (Lipinski definition) is 1. The molecular formula is C22H24N2O4S. The zero-order valence-electron chi connectivity index (χ0n) is 16.7. The van der Waals surface area contributed by atoms with Crippen molar-refractivity contribution in [3.05, 3.63) is 53.6 Å². The second-order valence-electron chi connectivity index (χ2n) is 6.61. The Balaban J connectivity index is 1.80. The maximum atomic E-state index is 12.1. The van der Waals surface area contributed by atoms with E-state index < -0.39 is 18.5 Å². The van der Waals surface area contributed by atoms with Crippen LogP contribution in [-0.2, 0) is 14.3 Å². The minimum atomic E-state index is -0.627. The first-order valence-corrected chi connectivity index (χ1v) is 10.2. The predicted octanol–water partition coefficient (Wildman–Crippen LogP) is 4.29. The minimum absolute atomic E-state index is 0.275. The Labute approximate surface area is 175 Å². The van der Waals surface area contributed by atoms with Crippen LogP contribution >= 0.6 is 11.8 Å². The first-order chi connectivity index (χ1) is 13.9. The van der Waals surface area contributed by atoms with E-state index in [0.717, 1.165) is 10.5 Å². The fourth-order valence-corrected chi connectivity index (χ4v) is 3.38. The minimum Gasteiger partial charge on any atom is -0.482 e. The molecule has 0 bridgehead atoms. The third-order valence-corrected chi connectivity index (χ3v) is 4.98. The molecule has 0 aromatic heterocycles. The van der Waals surface area contributed by atoms with Gasteiger partial charge in [0.2, 0.25) is 0 Å². The van der Waals surface area contributed by atoms with E-state index in [4.69, 9.17) is 14.7 Å². The average Bonchev–Trinajstić information content (AvgIpc) is 2.70. The van der Waals surface area contributed by atoms with Crippen molar-refractivity contribution < 1.29 is 19.1 Å². The van der Waals surface area contributed by atoms with Gasteiger partial charge in [0.25, 0.3) is 5.91 Å². The Kier molecular flexibility index (Phi) is 8.56. The molecule has 0 spiro atoms. The highest BCUT2D eigenvalue weighted by Gasteiger charge is 2.12. The maximum absolute atomic E-state index is 12.1. The third kappa shape index (κ3) is 7.16. The van der Waals surface area contributed by atoms with Crippen molar-refractivity contribution in [3.63, 3.8) is 0 Å². The summed E-state index contributed by atoms with van der Waals surface area (Å²) >= 11 is 1.32. The van der Waals surface area contributed by atoms with Gasteiger partial charge in [0.1, 0.15) is 5.75 Å². The van der Waals surface area contributed by atoms with Gasteiger partial charge in [0, 0.05) is 4.90 Å². The number of nitriles is 1. The number of para-hydroxylation sites is 1. The van der Waals surface area contributed by atoms with Crippen LogP contribution in [0.1, 0.15) is 30.9 Å². The molecule has 7 heteroatoms. The number of thioether (sulfide) groups is 1. The molecule has 152 valence electrons. The standard InChI is InChI=1S/C22H24N2O4S/c1-15(2)18-9-8-17(12-16(18)3)27-14-22(26)28-13-21(25)24-19-6-4-5-7-20(19)29-11-10-23/h4-9,12,15H,11,13-14H2,1-3H3,(H,24,25). The first kappa shape index (κ1) is 22.3. The molecule has 2 rings (SSSR count). The fourth-order valence-electron chi connectivity index (χ4n) is 2.71. The van der Waals surface area contributed by atoms with Crippen LogP contribution in [0.5, 0.6) is 5.75 Å². The van der Waals surface area contributed by atoms with Crippen molar-refractivity contribution in [3.8, 4) is 11.8 Å². The van der Waals surface area contributed by atoms with Gasteiger partial charge >= 0.3 is 5.97 Å². The summed E-state index contributed by atoms with van der Waals surface area (Å²) in [6.07, 6.45) is 0. The average molecular weight is 413 g/mol. The summed E-state index contributed by atoms with van der Waals surface area (Å²) < 4.78 is 10.4. The van der Waals surface area contributed by atoms with Gasteiger partial charge in [-0.15, -0.1) is 11.8 Å². The lowest BCUT2D eigenvalue weighted by atomic mass is 9.98. The Bertz CT molecular complexity index is 906. The van der Waals surface area contributed by atoms with Crippen LogP contribution in [0.2, 0.25) is 0 Å². The summed E-state index contributed by atoms with van der Waals surface area (Å²) in [5, 5.41) is 11.4. The quantitative estimate of drug-likeness (QED) is 0.488. The van der Waals surface area contributed by atoms with Gasteiger partial charge in [0.05, 0.1) is 17.5 Å². The smallest absolute Gasteiger partial charge is 0.344 e. The molecule has 29 heavy (non-hydrogen) atoms. The van der Waals surface area contributed by atoms with Crippen LogP contribution < -0.4 is 10.1 Å². The van der Waals surface area contributed by atoms with Crippen LogP contribution in [0, 0.1) is 18.3 Å². The number of aryl methyl sites for hydroxylation is 1. The molecule has 0 saturated heterocycles. The van der Waals surface area contributed by atoms with Crippen molar-refractivity contribution in [1.82, 2.24) is 0 Å². The highest BCUT2D eigenvalue weighted by molar-refractivity contribution is 7.99. The maximum Gasteiger partial charge on any atom is 0.344 e. The second-order valence-corrected chi connectivity index (χ2v) is 7.63. The van der Waals surface area contributed by atoms with E-state index in [-0.39, 0.29) is 12.4 Å².